The van der Waals surface area contributed by atoms with Crippen molar-refractivity contribution in [2.24, 2.45) is 11.7 Å². The first kappa shape index (κ1) is 9.68. The Balaban J connectivity index is 2.63. The molecular formula is C9H13BrN2. The highest BCUT2D eigenvalue weighted by Crippen LogP contribution is 2.11. The van der Waals surface area contributed by atoms with Gasteiger partial charge in [-0.15, -0.1) is 0 Å². The second kappa shape index (κ2) is 4.58. The summed E-state index contributed by atoms with van der Waals surface area (Å²) in [5, 5.41) is 0. The van der Waals surface area contributed by atoms with E-state index in [1.54, 1.807) is 0 Å². The summed E-state index contributed by atoms with van der Waals surface area (Å²) < 4.78 is 1.08. The predicted octanol–water partition coefficient (Wildman–Crippen LogP) is 1.98. The number of halogens is 1. The van der Waals surface area contributed by atoms with Crippen LogP contribution < -0.4 is 5.73 Å². The second-order valence-electron chi connectivity index (χ2n) is 3.01. The number of nitrogens with two attached hydrogens (primary N) is 1. The lowest BCUT2D eigenvalue weighted by molar-refractivity contribution is 0.584. The van der Waals surface area contributed by atoms with Crippen LogP contribution in [0.3, 0.4) is 0 Å². The molecule has 12 heavy (non-hydrogen) atoms. The van der Waals surface area contributed by atoms with E-state index in [0.717, 1.165) is 16.6 Å². The maximum Gasteiger partial charge on any atom is 0.0417 e. The molecule has 1 aromatic heterocycles. The van der Waals surface area contributed by atoms with Crippen LogP contribution in [0.2, 0.25) is 0 Å². The molecule has 3 heteroatoms. The molecule has 0 amide bonds. The minimum atomic E-state index is 0.506. The number of aromatic nitrogens is 1. The van der Waals surface area contributed by atoms with Gasteiger partial charge in [0, 0.05) is 16.4 Å². The molecule has 1 aromatic rings. The molecule has 1 unspecified atom stereocenters. The van der Waals surface area contributed by atoms with Gasteiger partial charge >= 0.3 is 0 Å². The Morgan fingerprint density at radius 3 is 3.00 bits per heavy atom. The van der Waals surface area contributed by atoms with Gasteiger partial charge in [-0.1, -0.05) is 22.9 Å². The molecule has 0 spiro atoms. The molecule has 1 rings (SSSR count). The fourth-order valence-electron chi connectivity index (χ4n) is 1.00. The van der Waals surface area contributed by atoms with Crippen LogP contribution in [-0.4, -0.2) is 11.5 Å². The first-order valence-electron chi connectivity index (χ1n) is 4.03. The van der Waals surface area contributed by atoms with Gasteiger partial charge in [0.1, 0.15) is 0 Å². The van der Waals surface area contributed by atoms with Gasteiger partial charge in [-0.3, -0.25) is 4.98 Å². The maximum absolute atomic E-state index is 5.52. The van der Waals surface area contributed by atoms with Gasteiger partial charge in [0.05, 0.1) is 0 Å². The second-order valence-corrected chi connectivity index (χ2v) is 3.93. The normalized spacial score (nSPS) is 12.9. The Labute approximate surface area is 81.3 Å². The van der Waals surface area contributed by atoms with Gasteiger partial charge in [0.15, 0.2) is 0 Å². The van der Waals surface area contributed by atoms with Crippen LogP contribution in [0.5, 0.6) is 0 Å². The largest absolute Gasteiger partial charge is 0.330 e. The lowest BCUT2D eigenvalue weighted by Gasteiger charge is -2.06. The number of hydrogen-bond donors (Lipinski definition) is 1. The van der Waals surface area contributed by atoms with Gasteiger partial charge in [0.25, 0.3) is 0 Å². The topological polar surface area (TPSA) is 38.9 Å². The molecule has 0 aliphatic rings. The minimum Gasteiger partial charge on any atom is -0.330 e. The smallest absolute Gasteiger partial charge is 0.0417 e. The van der Waals surface area contributed by atoms with Crippen molar-refractivity contribution in [3.63, 3.8) is 0 Å². The van der Waals surface area contributed by atoms with E-state index in [-0.39, 0.29) is 0 Å². The summed E-state index contributed by atoms with van der Waals surface area (Å²) in [6.07, 6.45) is 2.76. The summed E-state index contributed by atoms with van der Waals surface area (Å²) in [5.74, 6) is 0.506. The van der Waals surface area contributed by atoms with Gasteiger partial charge < -0.3 is 5.73 Å². The molecule has 1 atom stereocenters. The lowest BCUT2D eigenvalue weighted by Crippen LogP contribution is -2.13. The molecule has 0 saturated carbocycles. The van der Waals surface area contributed by atoms with Crippen LogP contribution in [0.4, 0.5) is 0 Å². The van der Waals surface area contributed by atoms with Crippen LogP contribution in [0.25, 0.3) is 0 Å². The van der Waals surface area contributed by atoms with Gasteiger partial charge in [-0.25, -0.2) is 0 Å². The van der Waals surface area contributed by atoms with Crippen LogP contribution in [0.15, 0.2) is 22.8 Å². The zero-order valence-corrected chi connectivity index (χ0v) is 8.71. The fraction of sp³-hybridized carbons (Fsp3) is 0.444. The molecule has 0 aromatic carbocycles. The van der Waals surface area contributed by atoms with Crippen molar-refractivity contribution in [3.05, 3.63) is 28.5 Å². The maximum atomic E-state index is 5.52. The van der Waals surface area contributed by atoms with E-state index in [0.29, 0.717) is 12.5 Å². The molecule has 0 fully saturated rings. The summed E-state index contributed by atoms with van der Waals surface area (Å²) in [7, 11) is 0. The zero-order chi connectivity index (χ0) is 8.97. The average molecular weight is 229 g/mol. The molecule has 0 bridgehead atoms. The van der Waals surface area contributed by atoms with Crippen molar-refractivity contribution in [1.29, 1.82) is 0 Å². The number of pyridine rings is 1. The molecule has 0 aliphatic carbocycles. The highest BCUT2D eigenvalue weighted by atomic mass is 79.9. The van der Waals surface area contributed by atoms with Crippen molar-refractivity contribution >= 4 is 15.9 Å². The lowest BCUT2D eigenvalue weighted by atomic mass is 10.1. The van der Waals surface area contributed by atoms with E-state index in [1.807, 2.05) is 18.3 Å². The van der Waals surface area contributed by atoms with E-state index in [2.05, 4.69) is 27.8 Å². The predicted molar refractivity (Wildman–Crippen MR) is 53.9 cm³/mol. The molecule has 2 nitrogen and oxygen atoms in total. The third-order valence-corrected chi connectivity index (χ3v) is 2.23. The Morgan fingerprint density at radius 2 is 2.42 bits per heavy atom. The quantitative estimate of drug-likeness (QED) is 0.860. The fourth-order valence-corrected chi connectivity index (χ4v) is 1.38. The molecule has 0 aliphatic heterocycles. The van der Waals surface area contributed by atoms with Crippen molar-refractivity contribution < 1.29 is 0 Å². The van der Waals surface area contributed by atoms with Crippen molar-refractivity contribution in [1.82, 2.24) is 4.98 Å². The number of rotatable bonds is 3. The first-order chi connectivity index (χ1) is 5.72. The van der Waals surface area contributed by atoms with Crippen molar-refractivity contribution in [3.8, 4) is 0 Å². The third kappa shape index (κ3) is 2.91. The molecule has 0 saturated heterocycles. The standard InChI is InChI=1S/C9H13BrN2/c1-7(6-11)4-9-5-8(10)2-3-12-9/h2-3,5,7H,4,6,11H2,1H3. The van der Waals surface area contributed by atoms with Gasteiger partial charge in [-0.2, -0.15) is 0 Å². The van der Waals surface area contributed by atoms with Crippen LogP contribution in [0, 0.1) is 5.92 Å². The molecule has 66 valence electrons. The summed E-state index contributed by atoms with van der Waals surface area (Å²) in [6.45, 7) is 2.84. The van der Waals surface area contributed by atoms with Gasteiger partial charge in [0.2, 0.25) is 0 Å². The minimum absolute atomic E-state index is 0.506. The number of nitrogens with zero attached hydrogens (tertiary/aromatic N) is 1. The third-order valence-electron chi connectivity index (χ3n) is 1.74. The average Bonchev–Trinajstić information content (AvgIpc) is 2.04. The van der Waals surface area contributed by atoms with Gasteiger partial charge in [-0.05, 0) is 31.0 Å². The Kier molecular flexibility index (Phi) is 3.69. The Hall–Kier alpha value is -0.410. The monoisotopic (exact) mass is 228 g/mol. The summed E-state index contributed by atoms with van der Waals surface area (Å²) in [4.78, 5) is 4.24. The summed E-state index contributed by atoms with van der Waals surface area (Å²) in [6, 6.07) is 3.96. The Morgan fingerprint density at radius 1 is 1.67 bits per heavy atom. The molecular weight excluding hydrogens is 216 g/mol. The van der Waals surface area contributed by atoms with E-state index in [9.17, 15) is 0 Å². The Bertz CT molecular complexity index is 250. The number of hydrogen-bond acceptors (Lipinski definition) is 2. The van der Waals surface area contributed by atoms with E-state index >= 15 is 0 Å². The van der Waals surface area contributed by atoms with Crippen LogP contribution in [-0.2, 0) is 6.42 Å². The zero-order valence-electron chi connectivity index (χ0n) is 7.13. The molecule has 2 N–H and O–H groups in total. The van der Waals surface area contributed by atoms with E-state index in [1.165, 1.54) is 0 Å². The summed E-state index contributed by atoms with van der Waals surface area (Å²) in [5.41, 5.74) is 6.62. The first-order valence-corrected chi connectivity index (χ1v) is 4.82. The summed E-state index contributed by atoms with van der Waals surface area (Å²) >= 11 is 3.40. The van der Waals surface area contributed by atoms with Crippen LogP contribution >= 0.6 is 15.9 Å². The highest BCUT2D eigenvalue weighted by molar-refractivity contribution is 9.10. The highest BCUT2D eigenvalue weighted by Gasteiger charge is 2.02. The van der Waals surface area contributed by atoms with Crippen LogP contribution in [0.1, 0.15) is 12.6 Å². The SMILES string of the molecule is CC(CN)Cc1cc(Br)ccn1. The molecule has 0 radical (unpaired) electrons. The van der Waals surface area contributed by atoms with E-state index in [4.69, 9.17) is 5.73 Å². The van der Waals surface area contributed by atoms with E-state index < -0.39 is 0 Å². The van der Waals surface area contributed by atoms with Crippen molar-refractivity contribution in [2.45, 2.75) is 13.3 Å². The van der Waals surface area contributed by atoms with Crippen molar-refractivity contribution in [2.75, 3.05) is 6.54 Å². The molecule has 1 heterocycles.